The molecule has 25 heavy (non-hydrogen) atoms. The van der Waals surface area contributed by atoms with Gasteiger partial charge in [-0.2, -0.15) is 0 Å². The number of carbonyl (C=O) groups excluding carboxylic acids is 1. The summed E-state index contributed by atoms with van der Waals surface area (Å²) < 4.78 is 24.2. The molecule has 1 fully saturated rings. The molecule has 0 saturated carbocycles. The Balaban J connectivity index is 1.60. The molecule has 4 nitrogen and oxygen atoms in total. The standard InChI is InChI=1S/C20H22FNO3/c1-2-24-20(23)22-12-10-18(11-13-22)25-19-5-3-4-16(14-19)15-6-8-17(21)9-7-15/h3-9,14,18H,2,10-13H2,1H3. The molecule has 2 aromatic rings. The number of rotatable bonds is 4. The van der Waals surface area contributed by atoms with Gasteiger partial charge in [-0.05, 0) is 42.3 Å². The minimum absolute atomic E-state index is 0.0779. The lowest BCUT2D eigenvalue weighted by molar-refractivity contribution is 0.0703. The first-order chi connectivity index (χ1) is 12.2. The van der Waals surface area contributed by atoms with E-state index in [1.54, 1.807) is 17.0 Å². The third kappa shape index (κ3) is 4.50. The number of hydrogen-bond donors (Lipinski definition) is 0. The van der Waals surface area contributed by atoms with Crippen molar-refractivity contribution < 1.29 is 18.7 Å². The number of likely N-dealkylation sites (tertiary alicyclic amines) is 1. The summed E-state index contributed by atoms with van der Waals surface area (Å²) in [5, 5.41) is 0. The molecule has 0 atom stereocenters. The van der Waals surface area contributed by atoms with Gasteiger partial charge in [-0.1, -0.05) is 24.3 Å². The van der Waals surface area contributed by atoms with Gasteiger partial charge in [-0.3, -0.25) is 0 Å². The Kier molecular flexibility index (Phi) is 5.53. The van der Waals surface area contributed by atoms with Crippen LogP contribution in [0.25, 0.3) is 11.1 Å². The molecule has 0 aromatic heterocycles. The Labute approximate surface area is 147 Å². The van der Waals surface area contributed by atoms with Gasteiger partial charge in [0.15, 0.2) is 0 Å². The Morgan fingerprint density at radius 2 is 1.84 bits per heavy atom. The van der Waals surface area contributed by atoms with Crippen molar-refractivity contribution in [3.05, 3.63) is 54.3 Å². The highest BCUT2D eigenvalue weighted by Crippen LogP contribution is 2.26. The molecule has 0 radical (unpaired) electrons. The second kappa shape index (κ2) is 8.01. The topological polar surface area (TPSA) is 38.8 Å². The predicted octanol–water partition coefficient (Wildman–Crippen LogP) is 4.49. The van der Waals surface area contributed by atoms with Crippen LogP contribution < -0.4 is 4.74 Å². The summed E-state index contributed by atoms with van der Waals surface area (Å²) in [6.45, 7) is 3.48. The maximum absolute atomic E-state index is 13.1. The van der Waals surface area contributed by atoms with Crippen LogP contribution in [0.4, 0.5) is 9.18 Å². The third-order valence-corrected chi connectivity index (χ3v) is 4.28. The first kappa shape index (κ1) is 17.3. The monoisotopic (exact) mass is 343 g/mol. The van der Waals surface area contributed by atoms with Crippen LogP contribution in [0.1, 0.15) is 19.8 Å². The van der Waals surface area contributed by atoms with E-state index in [4.69, 9.17) is 9.47 Å². The molecule has 3 rings (SSSR count). The van der Waals surface area contributed by atoms with Gasteiger partial charge in [0.2, 0.25) is 0 Å². The summed E-state index contributed by atoms with van der Waals surface area (Å²) >= 11 is 0. The summed E-state index contributed by atoms with van der Waals surface area (Å²) in [6.07, 6.45) is 1.38. The molecule has 0 spiro atoms. The van der Waals surface area contributed by atoms with Crippen LogP contribution in [-0.2, 0) is 4.74 Å². The highest BCUT2D eigenvalue weighted by atomic mass is 19.1. The van der Waals surface area contributed by atoms with Gasteiger partial charge >= 0.3 is 6.09 Å². The Morgan fingerprint density at radius 3 is 2.52 bits per heavy atom. The third-order valence-electron chi connectivity index (χ3n) is 4.28. The van der Waals surface area contributed by atoms with Crippen LogP contribution in [0.15, 0.2) is 48.5 Å². The average molecular weight is 343 g/mol. The zero-order valence-electron chi connectivity index (χ0n) is 14.3. The second-order valence-corrected chi connectivity index (χ2v) is 6.04. The van der Waals surface area contributed by atoms with Gasteiger partial charge in [0.05, 0.1) is 6.61 Å². The number of halogens is 1. The first-order valence-electron chi connectivity index (χ1n) is 8.60. The lowest BCUT2D eigenvalue weighted by Gasteiger charge is -2.31. The van der Waals surface area contributed by atoms with Crippen molar-refractivity contribution in [1.82, 2.24) is 4.90 Å². The second-order valence-electron chi connectivity index (χ2n) is 6.04. The lowest BCUT2D eigenvalue weighted by atomic mass is 10.1. The maximum Gasteiger partial charge on any atom is 0.409 e. The van der Waals surface area contributed by atoms with Gasteiger partial charge in [0.1, 0.15) is 17.7 Å². The molecule has 132 valence electrons. The fourth-order valence-electron chi connectivity index (χ4n) is 2.95. The molecule has 0 aliphatic carbocycles. The predicted molar refractivity (Wildman–Crippen MR) is 94.1 cm³/mol. The summed E-state index contributed by atoms with van der Waals surface area (Å²) in [5.74, 6) is 0.543. The fraction of sp³-hybridized carbons (Fsp3) is 0.350. The summed E-state index contributed by atoms with van der Waals surface area (Å²) in [7, 11) is 0. The number of carbonyl (C=O) groups is 1. The normalized spacial score (nSPS) is 15.0. The number of ether oxygens (including phenoxy) is 2. The highest BCUT2D eigenvalue weighted by molar-refractivity contribution is 5.67. The molecular weight excluding hydrogens is 321 g/mol. The fourth-order valence-corrected chi connectivity index (χ4v) is 2.95. The van der Waals surface area contributed by atoms with Crippen molar-refractivity contribution >= 4 is 6.09 Å². The number of hydrogen-bond acceptors (Lipinski definition) is 3. The molecular formula is C20H22FNO3. The zero-order chi connectivity index (χ0) is 17.6. The quantitative estimate of drug-likeness (QED) is 0.821. The van der Waals surface area contributed by atoms with Crippen LogP contribution in [0.2, 0.25) is 0 Å². The van der Waals surface area contributed by atoms with Crippen LogP contribution in [0.3, 0.4) is 0 Å². The molecule has 1 saturated heterocycles. The summed E-state index contributed by atoms with van der Waals surface area (Å²) in [5.41, 5.74) is 1.94. The largest absolute Gasteiger partial charge is 0.490 e. The van der Waals surface area contributed by atoms with E-state index >= 15 is 0 Å². The van der Waals surface area contributed by atoms with Crippen LogP contribution in [0, 0.1) is 5.82 Å². The molecule has 0 bridgehead atoms. The molecule has 1 aliphatic heterocycles. The SMILES string of the molecule is CCOC(=O)N1CCC(Oc2cccc(-c3ccc(F)cc3)c2)CC1. The smallest absolute Gasteiger partial charge is 0.409 e. The van der Waals surface area contributed by atoms with Crippen molar-refractivity contribution in [1.29, 1.82) is 0 Å². The van der Waals surface area contributed by atoms with Gasteiger partial charge in [0.25, 0.3) is 0 Å². The van der Waals surface area contributed by atoms with Gasteiger partial charge < -0.3 is 14.4 Å². The molecule has 0 N–H and O–H groups in total. The molecule has 5 heteroatoms. The molecule has 0 unspecified atom stereocenters. The number of piperidine rings is 1. The lowest BCUT2D eigenvalue weighted by Crippen LogP contribution is -2.42. The zero-order valence-corrected chi connectivity index (χ0v) is 14.3. The Bertz CT molecular complexity index is 709. The van der Waals surface area contributed by atoms with Crippen molar-refractivity contribution in [2.75, 3.05) is 19.7 Å². The minimum Gasteiger partial charge on any atom is -0.490 e. The van der Waals surface area contributed by atoms with Crippen molar-refractivity contribution in [3.63, 3.8) is 0 Å². The maximum atomic E-state index is 13.1. The molecule has 1 aliphatic rings. The van der Waals surface area contributed by atoms with E-state index in [0.29, 0.717) is 19.7 Å². The van der Waals surface area contributed by atoms with Crippen LogP contribution >= 0.6 is 0 Å². The number of benzene rings is 2. The van der Waals surface area contributed by atoms with Crippen LogP contribution in [0.5, 0.6) is 5.75 Å². The van der Waals surface area contributed by atoms with Gasteiger partial charge in [-0.25, -0.2) is 9.18 Å². The van der Waals surface area contributed by atoms with Gasteiger partial charge in [0, 0.05) is 25.9 Å². The van der Waals surface area contributed by atoms with E-state index in [1.165, 1.54) is 12.1 Å². The highest BCUT2D eigenvalue weighted by Gasteiger charge is 2.24. The van der Waals surface area contributed by atoms with E-state index < -0.39 is 0 Å². The van der Waals surface area contributed by atoms with Gasteiger partial charge in [-0.15, -0.1) is 0 Å². The van der Waals surface area contributed by atoms with Crippen molar-refractivity contribution in [3.8, 4) is 16.9 Å². The summed E-state index contributed by atoms with van der Waals surface area (Å²) in [6, 6.07) is 14.2. The summed E-state index contributed by atoms with van der Waals surface area (Å²) in [4.78, 5) is 13.4. The van der Waals surface area contributed by atoms with Crippen molar-refractivity contribution in [2.45, 2.75) is 25.9 Å². The Morgan fingerprint density at radius 1 is 1.12 bits per heavy atom. The number of amides is 1. The molecule has 1 heterocycles. The molecule has 1 amide bonds. The number of nitrogens with zero attached hydrogens (tertiary/aromatic N) is 1. The first-order valence-corrected chi connectivity index (χ1v) is 8.60. The van der Waals surface area contributed by atoms with E-state index in [9.17, 15) is 9.18 Å². The Hall–Kier alpha value is -2.56. The molecule has 2 aromatic carbocycles. The van der Waals surface area contributed by atoms with Crippen LogP contribution in [-0.4, -0.2) is 36.8 Å². The van der Waals surface area contributed by atoms with E-state index in [0.717, 1.165) is 29.7 Å². The average Bonchev–Trinajstić information content (AvgIpc) is 2.63. The van der Waals surface area contributed by atoms with E-state index in [1.807, 2.05) is 31.2 Å². The van der Waals surface area contributed by atoms with Crippen molar-refractivity contribution in [2.24, 2.45) is 0 Å². The minimum atomic E-state index is -0.251. The van der Waals surface area contributed by atoms with E-state index in [-0.39, 0.29) is 18.0 Å². The van der Waals surface area contributed by atoms with E-state index in [2.05, 4.69) is 0 Å².